The summed E-state index contributed by atoms with van der Waals surface area (Å²) in [7, 11) is -4.17. The first-order chi connectivity index (χ1) is 20.5. The first-order valence-electron chi connectivity index (χ1n) is 14.3. The van der Waals surface area contributed by atoms with Gasteiger partial charge in [0.2, 0.25) is 11.8 Å². The first-order valence-corrected chi connectivity index (χ1v) is 17.3. The maximum atomic E-state index is 14.2. The van der Waals surface area contributed by atoms with Crippen molar-refractivity contribution < 1.29 is 22.7 Å². The number of ether oxygens (including phenoxy) is 1. The lowest BCUT2D eigenvalue weighted by atomic mass is 10.1. The second-order valence-corrected chi connectivity index (χ2v) is 13.2. The Morgan fingerprint density at radius 1 is 0.930 bits per heavy atom. The Kier molecular flexibility index (Phi) is 12.8. The van der Waals surface area contributed by atoms with Gasteiger partial charge in [0.05, 0.1) is 17.2 Å². The number of hydrogen-bond acceptors (Lipinski definition) is 6. The predicted octanol–water partition coefficient (Wildman–Crippen LogP) is 6.38. The number of carbonyl (C=O) groups excluding carboxylic acids is 2. The average molecular weight is 646 g/mol. The van der Waals surface area contributed by atoms with Gasteiger partial charge in [-0.3, -0.25) is 13.9 Å². The monoisotopic (exact) mass is 645 g/mol. The molecule has 11 heteroatoms. The lowest BCUT2D eigenvalue weighted by molar-refractivity contribution is -0.140. The molecule has 0 saturated carbocycles. The quantitative estimate of drug-likeness (QED) is 0.193. The van der Waals surface area contributed by atoms with Crippen LogP contribution in [-0.2, 0) is 26.2 Å². The van der Waals surface area contributed by atoms with Gasteiger partial charge in [-0.05, 0) is 99.2 Å². The van der Waals surface area contributed by atoms with Gasteiger partial charge in [-0.15, -0.1) is 11.8 Å². The Balaban J connectivity index is 2.06. The van der Waals surface area contributed by atoms with Crippen LogP contribution in [0.15, 0.2) is 82.6 Å². The molecule has 0 bridgehead atoms. The summed E-state index contributed by atoms with van der Waals surface area (Å²) in [6.45, 7) is 7.60. The van der Waals surface area contributed by atoms with Gasteiger partial charge < -0.3 is 15.0 Å². The van der Waals surface area contributed by atoms with Crippen molar-refractivity contribution in [1.29, 1.82) is 0 Å². The molecular weight excluding hydrogens is 606 g/mol. The standard InChI is InChI=1S/C32H40ClN3O5S2/c1-6-23(4)34-32(38)30(7-2)35(21-24-9-11-25(33)12-10-24)31(37)22-36(26-13-15-27(16-14-26)41-8-3)43(39,40)29-19-17-28(42-5)18-20-29/h9-20,23,30H,6-8,21-22H2,1-5H3,(H,34,38)/t23-,30+/m1/s1. The molecule has 2 amide bonds. The summed E-state index contributed by atoms with van der Waals surface area (Å²) in [5.74, 6) is -0.224. The molecule has 0 heterocycles. The highest BCUT2D eigenvalue weighted by molar-refractivity contribution is 7.98. The molecule has 232 valence electrons. The second kappa shape index (κ2) is 16.0. The minimum Gasteiger partial charge on any atom is -0.494 e. The minimum absolute atomic E-state index is 0.0535. The Hall–Kier alpha value is -3.21. The van der Waals surface area contributed by atoms with Crippen LogP contribution in [0.1, 0.15) is 46.1 Å². The van der Waals surface area contributed by atoms with E-state index in [-0.39, 0.29) is 23.4 Å². The van der Waals surface area contributed by atoms with Crippen molar-refractivity contribution in [3.8, 4) is 5.75 Å². The van der Waals surface area contributed by atoms with E-state index in [9.17, 15) is 18.0 Å². The third-order valence-corrected chi connectivity index (χ3v) is 9.80. The molecule has 0 spiro atoms. The smallest absolute Gasteiger partial charge is 0.264 e. The van der Waals surface area contributed by atoms with Crippen LogP contribution >= 0.6 is 23.4 Å². The normalized spacial score (nSPS) is 12.7. The molecule has 0 saturated heterocycles. The molecule has 0 unspecified atom stereocenters. The number of benzene rings is 3. The van der Waals surface area contributed by atoms with E-state index >= 15 is 0 Å². The van der Waals surface area contributed by atoms with Crippen molar-refractivity contribution in [2.45, 2.75) is 69.0 Å². The fraction of sp³-hybridized carbons (Fsp3) is 0.375. The van der Waals surface area contributed by atoms with E-state index < -0.39 is 28.5 Å². The number of sulfonamides is 1. The number of rotatable bonds is 15. The molecule has 0 aliphatic carbocycles. The summed E-state index contributed by atoms with van der Waals surface area (Å²) in [6.07, 6.45) is 2.98. The molecule has 8 nitrogen and oxygen atoms in total. The van der Waals surface area contributed by atoms with Gasteiger partial charge in [-0.1, -0.05) is 37.6 Å². The van der Waals surface area contributed by atoms with Crippen LogP contribution in [0.3, 0.4) is 0 Å². The van der Waals surface area contributed by atoms with Crippen LogP contribution in [0.25, 0.3) is 0 Å². The molecule has 3 aromatic carbocycles. The van der Waals surface area contributed by atoms with Gasteiger partial charge in [-0.2, -0.15) is 0 Å². The number of thioether (sulfide) groups is 1. The van der Waals surface area contributed by atoms with E-state index in [1.165, 1.54) is 28.8 Å². The zero-order valence-corrected chi connectivity index (χ0v) is 27.6. The zero-order valence-electron chi connectivity index (χ0n) is 25.2. The van der Waals surface area contributed by atoms with E-state index in [0.29, 0.717) is 29.5 Å². The summed E-state index contributed by atoms with van der Waals surface area (Å²) in [4.78, 5) is 30.0. The molecule has 0 aliphatic heterocycles. The maximum absolute atomic E-state index is 14.2. The summed E-state index contributed by atoms with van der Waals surface area (Å²) in [5.41, 5.74) is 1.06. The minimum atomic E-state index is -4.17. The van der Waals surface area contributed by atoms with Gasteiger partial charge in [0.15, 0.2) is 0 Å². The summed E-state index contributed by atoms with van der Waals surface area (Å²) < 4.78 is 34.8. The number of carbonyl (C=O) groups is 2. The average Bonchev–Trinajstić information content (AvgIpc) is 3.01. The molecule has 1 N–H and O–H groups in total. The Labute approximate surface area is 264 Å². The number of anilines is 1. The molecule has 3 aromatic rings. The van der Waals surface area contributed by atoms with Crippen molar-refractivity contribution in [2.24, 2.45) is 0 Å². The molecule has 2 atom stereocenters. The number of amides is 2. The van der Waals surface area contributed by atoms with Crippen molar-refractivity contribution in [1.82, 2.24) is 10.2 Å². The molecule has 0 aromatic heterocycles. The number of nitrogens with one attached hydrogen (secondary N) is 1. The van der Waals surface area contributed by atoms with E-state index in [1.54, 1.807) is 60.7 Å². The van der Waals surface area contributed by atoms with Crippen LogP contribution in [0.2, 0.25) is 5.02 Å². The van der Waals surface area contributed by atoms with Crippen molar-refractivity contribution in [3.63, 3.8) is 0 Å². The van der Waals surface area contributed by atoms with Crippen molar-refractivity contribution in [3.05, 3.63) is 83.4 Å². The third kappa shape index (κ3) is 9.14. The molecular formula is C32H40ClN3O5S2. The van der Waals surface area contributed by atoms with Crippen LogP contribution in [0, 0.1) is 0 Å². The van der Waals surface area contributed by atoms with Gasteiger partial charge in [0.25, 0.3) is 10.0 Å². The van der Waals surface area contributed by atoms with E-state index in [0.717, 1.165) is 21.2 Å². The van der Waals surface area contributed by atoms with Gasteiger partial charge in [-0.25, -0.2) is 8.42 Å². The number of hydrogen-bond donors (Lipinski definition) is 1. The SMILES string of the molecule is CCOc1ccc(N(CC(=O)N(Cc2ccc(Cl)cc2)[C@@H](CC)C(=O)N[C@H](C)CC)S(=O)(=O)c2ccc(SC)cc2)cc1. The van der Waals surface area contributed by atoms with Gasteiger partial charge in [0, 0.05) is 22.5 Å². The highest BCUT2D eigenvalue weighted by atomic mass is 35.5. The van der Waals surface area contributed by atoms with E-state index in [2.05, 4.69) is 5.32 Å². The fourth-order valence-electron chi connectivity index (χ4n) is 4.43. The van der Waals surface area contributed by atoms with Crippen LogP contribution in [0.4, 0.5) is 5.69 Å². The van der Waals surface area contributed by atoms with E-state index in [1.807, 2.05) is 34.0 Å². The Bertz CT molecular complexity index is 1450. The van der Waals surface area contributed by atoms with Crippen molar-refractivity contribution >= 4 is 50.9 Å². The zero-order chi connectivity index (χ0) is 31.6. The molecule has 0 radical (unpaired) electrons. The van der Waals surface area contributed by atoms with Crippen LogP contribution in [-0.4, -0.2) is 56.6 Å². The third-order valence-electron chi connectivity index (χ3n) is 7.02. The Morgan fingerprint density at radius 2 is 1.56 bits per heavy atom. The molecule has 43 heavy (non-hydrogen) atoms. The molecule has 0 fully saturated rings. The van der Waals surface area contributed by atoms with Crippen LogP contribution in [0.5, 0.6) is 5.75 Å². The van der Waals surface area contributed by atoms with Crippen molar-refractivity contribution in [2.75, 3.05) is 23.7 Å². The highest BCUT2D eigenvalue weighted by Gasteiger charge is 2.34. The van der Waals surface area contributed by atoms with E-state index in [4.69, 9.17) is 16.3 Å². The summed E-state index contributed by atoms with van der Waals surface area (Å²) in [5, 5.41) is 3.52. The fourth-order valence-corrected chi connectivity index (χ4v) is 6.37. The highest BCUT2D eigenvalue weighted by Crippen LogP contribution is 2.28. The lowest BCUT2D eigenvalue weighted by Gasteiger charge is -2.33. The van der Waals surface area contributed by atoms with Gasteiger partial charge in [0.1, 0.15) is 18.3 Å². The molecule has 0 aliphatic rings. The van der Waals surface area contributed by atoms with Gasteiger partial charge >= 0.3 is 0 Å². The topological polar surface area (TPSA) is 96.0 Å². The summed E-state index contributed by atoms with van der Waals surface area (Å²) in [6, 6.07) is 19.2. The van der Waals surface area contributed by atoms with Crippen LogP contribution < -0.4 is 14.4 Å². The molecule has 3 rings (SSSR count). The lowest BCUT2D eigenvalue weighted by Crippen LogP contribution is -2.53. The predicted molar refractivity (Wildman–Crippen MR) is 174 cm³/mol. The largest absolute Gasteiger partial charge is 0.494 e. The Morgan fingerprint density at radius 3 is 2.09 bits per heavy atom. The second-order valence-electron chi connectivity index (χ2n) is 10.0. The first kappa shape index (κ1) is 34.3. The number of halogens is 1. The summed E-state index contributed by atoms with van der Waals surface area (Å²) >= 11 is 7.59. The maximum Gasteiger partial charge on any atom is 0.264 e. The number of nitrogens with zero attached hydrogens (tertiary/aromatic N) is 2.